The standard InChI is InChI=1S/C35H45FO.C33H49BO3.CO2/c1-9-27-14-15-29(23-32(27)36)33-25(7)21-31(22-26(33)8)35(12-4,13-5)30-17-16-28(24(6)20-30)18-19-34(37,10-2)11-3;1-12-32(35,13-2)19-18-26-16-17-27(20-23(26)5)33(14-3,15-4)28-21-24(6)29(25(7)22-28)34-36-30(8,9)31(10,11)37-34;2-1-3/h14-23,37H,9-13H2,1-8H3;16-22,35H,12-15H2,1-11H3;/b2*19-18+;. The predicted octanol–water partition coefficient (Wildman–Crippen LogP) is 16.6. The van der Waals surface area contributed by atoms with Crippen LogP contribution in [0.15, 0.2) is 91.0 Å². The Labute approximate surface area is 465 Å². The van der Waals surface area contributed by atoms with Crippen molar-refractivity contribution in [1.29, 1.82) is 0 Å². The van der Waals surface area contributed by atoms with E-state index in [1.54, 1.807) is 6.07 Å². The Kier molecular flexibility index (Phi) is 22.2. The second-order valence-corrected chi connectivity index (χ2v) is 22.8. The SMILES string of the molecule is CCC(O)(/C=C/c1ccc(C(CC)(CC)c2cc(C)c(B3OC(C)(C)C(C)(C)O3)c(C)c2)cc1C)CC.CCc1ccc(-c2c(C)cc(C(CC)(CC)c3ccc(/C=C/C(O)(CC)CC)c(C)c3)cc2C)cc1F.O=C=O. The molecule has 77 heavy (non-hydrogen) atoms. The first-order valence-corrected chi connectivity index (χ1v) is 28.6. The highest BCUT2D eigenvalue weighted by Gasteiger charge is 2.52. The van der Waals surface area contributed by atoms with Crippen molar-refractivity contribution in [2.45, 2.75) is 223 Å². The van der Waals surface area contributed by atoms with Gasteiger partial charge in [0.1, 0.15) is 5.82 Å². The molecule has 8 heteroatoms. The number of rotatable bonds is 19. The number of halogens is 1. The first-order valence-electron chi connectivity index (χ1n) is 28.6. The fourth-order valence-corrected chi connectivity index (χ4v) is 11.5. The van der Waals surface area contributed by atoms with Crippen LogP contribution in [-0.4, -0.2) is 45.9 Å². The van der Waals surface area contributed by atoms with Gasteiger partial charge in [0.25, 0.3) is 0 Å². The van der Waals surface area contributed by atoms with Gasteiger partial charge in [-0.25, -0.2) is 4.39 Å². The molecule has 1 aliphatic rings. The zero-order valence-electron chi connectivity index (χ0n) is 50.7. The molecule has 2 N–H and O–H groups in total. The fourth-order valence-electron chi connectivity index (χ4n) is 11.5. The molecule has 0 spiro atoms. The summed E-state index contributed by atoms with van der Waals surface area (Å²) in [5.41, 5.74) is 16.5. The Morgan fingerprint density at radius 2 is 0.857 bits per heavy atom. The molecule has 5 aromatic carbocycles. The minimum absolute atomic E-state index is 0.0788. The minimum Gasteiger partial charge on any atom is -0.399 e. The highest BCUT2D eigenvalue weighted by molar-refractivity contribution is 6.63. The summed E-state index contributed by atoms with van der Waals surface area (Å²) in [5.74, 6) is -0.125. The van der Waals surface area contributed by atoms with Crippen LogP contribution in [0.3, 0.4) is 0 Å². The van der Waals surface area contributed by atoms with E-state index in [-0.39, 0.29) is 41.1 Å². The first kappa shape index (κ1) is 64.3. The molecule has 6 rings (SSSR count). The number of benzene rings is 5. The van der Waals surface area contributed by atoms with Crippen LogP contribution in [0.4, 0.5) is 4.39 Å². The third-order valence-corrected chi connectivity index (χ3v) is 18.1. The normalized spacial score (nSPS) is 14.6. The molecule has 1 heterocycles. The third-order valence-electron chi connectivity index (χ3n) is 18.1. The van der Waals surface area contributed by atoms with Crippen molar-refractivity contribution in [2.75, 3.05) is 0 Å². The first-order chi connectivity index (χ1) is 36.2. The van der Waals surface area contributed by atoms with E-state index < -0.39 is 11.2 Å². The van der Waals surface area contributed by atoms with E-state index in [1.807, 2.05) is 52.8 Å². The second kappa shape index (κ2) is 26.6. The van der Waals surface area contributed by atoms with Crippen LogP contribution in [0, 0.1) is 47.4 Å². The lowest BCUT2D eigenvalue weighted by Crippen LogP contribution is -2.41. The highest BCUT2D eigenvalue weighted by Crippen LogP contribution is 2.44. The van der Waals surface area contributed by atoms with Crippen molar-refractivity contribution in [3.05, 3.63) is 169 Å². The maximum Gasteiger partial charge on any atom is 0.495 e. The van der Waals surface area contributed by atoms with Gasteiger partial charge < -0.3 is 19.5 Å². The molecular weight excluding hydrogens is 955 g/mol. The molecule has 0 aliphatic carbocycles. The summed E-state index contributed by atoms with van der Waals surface area (Å²) in [5, 5.41) is 21.4. The van der Waals surface area contributed by atoms with Crippen LogP contribution < -0.4 is 5.46 Å². The van der Waals surface area contributed by atoms with E-state index in [4.69, 9.17) is 18.9 Å². The molecule has 0 aromatic heterocycles. The summed E-state index contributed by atoms with van der Waals surface area (Å²) in [6.45, 7) is 40.7. The maximum atomic E-state index is 14.6. The molecule has 0 amide bonds. The minimum atomic E-state index is -0.752. The van der Waals surface area contributed by atoms with Gasteiger partial charge in [-0.1, -0.05) is 171 Å². The van der Waals surface area contributed by atoms with Crippen LogP contribution in [0.2, 0.25) is 0 Å². The van der Waals surface area contributed by atoms with Crippen molar-refractivity contribution in [3.8, 4) is 11.1 Å². The zero-order chi connectivity index (χ0) is 57.9. The van der Waals surface area contributed by atoms with E-state index >= 15 is 0 Å². The number of carbonyl (C=O) groups excluding carboxylic acids is 2. The molecular formula is C69H94BFO6. The van der Waals surface area contributed by atoms with E-state index in [1.165, 1.54) is 55.6 Å². The van der Waals surface area contributed by atoms with Crippen molar-refractivity contribution in [1.82, 2.24) is 0 Å². The van der Waals surface area contributed by atoms with Gasteiger partial charge in [0, 0.05) is 10.8 Å². The molecule has 1 fully saturated rings. The van der Waals surface area contributed by atoms with Gasteiger partial charge >= 0.3 is 13.3 Å². The molecule has 1 saturated heterocycles. The van der Waals surface area contributed by atoms with Crippen LogP contribution in [0.5, 0.6) is 0 Å². The van der Waals surface area contributed by atoms with Crippen LogP contribution in [0.1, 0.15) is 214 Å². The largest absolute Gasteiger partial charge is 0.495 e. The monoisotopic (exact) mass is 1050 g/mol. The molecule has 0 saturated carbocycles. The number of hydrogen-bond donors (Lipinski definition) is 2. The van der Waals surface area contributed by atoms with Crippen LogP contribution >= 0.6 is 0 Å². The lowest BCUT2D eigenvalue weighted by molar-refractivity contribution is -0.191. The molecule has 0 bridgehead atoms. The Balaban J connectivity index is 0.000000316. The molecule has 0 radical (unpaired) electrons. The summed E-state index contributed by atoms with van der Waals surface area (Å²) >= 11 is 0. The van der Waals surface area contributed by atoms with Gasteiger partial charge in [-0.2, -0.15) is 9.59 Å². The Bertz CT molecular complexity index is 2820. The van der Waals surface area contributed by atoms with E-state index in [0.717, 1.165) is 59.0 Å². The molecule has 6 nitrogen and oxygen atoms in total. The van der Waals surface area contributed by atoms with Gasteiger partial charge in [0.2, 0.25) is 0 Å². The second-order valence-electron chi connectivity index (χ2n) is 22.8. The molecule has 5 aromatic rings. The van der Waals surface area contributed by atoms with Gasteiger partial charge in [-0.3, -0.25) is 0 Å². The van der Waals surface area contributed by atoms with Crippen LogP contribution in [0.25, 0.3) is 23.3 Å². The predicted molar refractivity (Wildman–Crippen MR) is 322 cm³/mol. The molecule has 416 valence electrons. The molecule has 1 aliphatic heterocycles. The van der Waals surface area contributed by atoms with Crippen molar-refractivity contribution in [3.63, 3.8) is 0 Å². The average molecular weight is 1050 g/mol. The summed E-state index contributed by atoms with van der Waals surface area (Å²) < 4.78 is 27.5. The van der Waals surface area contributed by atoms with Gasteiger partial charge in [0.15, 0.2) is 0 Å². The summed E-state index contributed by atoms with van der Waals surface area (Å²) in [7, 11) is -0.352. The number of hydrogen-bond acceptors (Lipinski definition) is 6. The number of aryl methyl sites for hydroxylation is 7. The lowest BCUT2D eigenvalue weighted by atomic mass is 9.66. The number of aliphatic hydroxyl groups is 2. The van der Waals surface area contributed by atoms with Gasteiger partial charge in [-0.05, 0) is 211 Å². The quantitative estimate of drug-likeness (QED) is 0.0801. The summed E-state index contributed by atoms with van der Waals surface area (Å²) in [6.07, 6.45) is 15.8. The Morgan fingerprint density at radius 1 is 0.506 bits per heavy atom. The Hall–Kier alpha value is -5.21. The topological polar surface area (TPSA) is 93.1 Å². The molecule has 0 unspecified atom stereocenters. The van der Waals surface area contributed by atoms with E-state index in [0.29, 0.717) is 32.1 Å². The summed E-state index contributed by atoms with van der Waals surface area (Å²) in [6, 6.07) is 28.6. The van der Waals surface area contributed by atoms with E-state index in [9.17, 15) is 14.6 Å². The summed E-state index contributed by atoms with van der Waals surface area (Å²) in [4.78, 5) is 16.2. The van der Waals surface area contributed by atoms with Crippen molar-refractivity contribution >= 4 is 30.9 Å². The highest BCUT2D eigenvalue weighted by atomic mass is 19.1. The smallest absolute Gasteiger partial charge is 0.399 e. The van der Waals surface area contributed by atoms with Gasteiger partial charge in [0.05, 0.1) is 22.4 Å². The zero-order valence-corrected chi connectivity index (χ0v) is 50.7. The van der Waals surface area contributed by atoms with Crippen LogP contribution in [-0.2, 0) is 36.1 Å². The average Bonchev–Trinajstić information content (AvgIpc) is 3.61. The van der Waals surface area contributed by atoms with E-state index in [2.05, 4.69) is 176 Å². The third kappa shape index (κ3) is 14.0. The van der Waals surface area contributed by atoms with Gasteiger partial charge in [-0.15, -0.1) is 0 Å². The van der Waals surface area contributed by atoms with Crippen molar-refractivity contribution in [2.24, 2.45) is 0 Å². The fraction of sp³-hybridized carbons (Fsp3) is 0.493. The maximum absolute atomic E-state index is 14.6. The Morgan fingerprint density at radius 3 is 1.17 bits per heavy atom. The molecule has 0 atom stereocenters. The lowest BCUT2D eigenvalue weighted by Gasteiger charge is -2.35. The van der Waals surface area contributed by atoms with Crippen molar-refractivity contribution < 1.29 is 33.5 Å².